The Bertz CT molecular complexity index is 1240. The van der Waals surface area contributed by atoms with E-state index in [0.29, 0.717) is 22.8 Å². The molecule has 0 aliphatic carbocycles. The molecule has 1 saturated heterocycles. The second-order valence-electron chi connectivity index (χ2n) is 7.92. The summed E-state index contributed by atoms with van der Waals surface area (Å²) in [7, 11) is 0. The summed E-state index contributed by atoms with van der Waals surface area (Å²) in [5, 5.41) is 12.6. The Morgan fingerprint density at radius 1 is 0.970 bits per heavy atom. The number of thioether (sulfide) groups is 1. The van der Waals surface area contributed by atoms with Crippen molar-refractivity contribution in [1.29, 1.82) is 5.26 Å². The highest BCUT2D eigenvalue weighted by Gasteiger charge is 2.40. The monoisotopic (exact) mass is 453 g/mol. The van der Waals surface area contributed by atoms with Gasteiger partial charge in [-0.25, -0.2) is 0 Å². The first-order chi connectivity index (χ1) is 16.0. The lowest BCUT2D eigenvalue weighted by Gasteiger charge is -2.19. The van der Waals surface area contributed by atoms with Crippen LogP contribution in [0, 0.1) is 25.2 Å². The van der Waals surface area contributed by atoms with Crippen molar-refractivity contribution in [2.75, 3.05) is 10.2 Å². The number of aryl methyl sites for hydroxylation is 2. The molecule has 3 aromatic rings. The van der Waals surface area contributed by atoms with E-state index in [1.807, 2.05) is 74.5 Å². The maximum Gasteiger partial charge on any atom is 0.269 e. The average Bonchev–Trinajstić information content (AvgIpc) is 3.12. The number of hydrogen-bond acceptors (Lipinski definition) is 4. The van der Waals surface area contributed by atoms with Gasteiger partial charge in [0.1, 0.15) is 16.7 Å². The highest BCUT2D eigenvalue weighted by atomic mass is 32.2. The van der Waals surface area contributed by atoms with Crippen LogP contribution in [-0.4, -0.2) is 17.1 Å². The molecule has 6 heteroatoms. The number of anilines is 2. The van der Waals surface area contributed by atoms with E-state index in [1.165, 1.54) is 16.7 Å². The Labute approximate surface area is 197 Å². The van der Waals surface area contributed by atoms with E-state index in [2.05, 4.69) is 5.32 Å². The maximum atomic E-state index is 13.5. The van der Waals surface area contributed by atoms with Crippen molar-refractivity contribution in [1.82, 2.24) is 0 Å². The predicted octanol–water partition coefficient (Wildman–Crippen LogP) is 5.37. The summed E-state index contributed by atoms with van der Waals surface area (Å²) in [6.07, 6.45) is 0.509. The van der Waals surface area contributed by atoms with Gasteiger partial charge in [0.05, 0.1) is 5.25 Å². The SMILES string of the molecule is Cc1ccc(C[C@H]2S/C(=C(/C#N)C(=O)Nc3ccccc3)N(c3ccc(C)cc3)C2=O)cc1. The van der Waals surface area contributed by atoms with Crippen LogP contribution in [-0.2, 0) is 16.0 Å². The van der Waals surface area contributed by atoms with E-state index >= 15 is 0 Å². The largest absolute Gasteiger partial charge is 0.321 e. The second kappa shape index (κ2) is 9.76. The summed E-state index contributed by atoms with van der Waals surface area (Å²) >= 11 is 1.27. The lowest BCUT2D eigenvalue weighted by Crippen LogP contribution is -2.30. The molecule has 0 aromatic heterocycles. The fraction of sp³-hybridized carbons (Fsp3) is 0.148. The number of nitriles is 1. The van der Waals surface area contributed by atoms with E-state index < -0.39 is 11.2 Å². The molecule has 1 aliphatic heterocycles. The first-order valence-corrected chi connectivity index (χ1v) is 11.5. The number of hydrogen-bond donors (Lipinski definition) is 1. The van der Waals surface area contributed by atoms with Gasteiger partial charge in [-0.1, -0.05) is 77.5 Å². The number of carbonyl (C=O) groups is 2. The smallest absolute Gasteiger partial charge is 0.269 e. The number of carbonyl (C=O) groups excluding carboxylic acids is 2. The van der Waals surface area contributed by atoms with Crippen LogP contribution in [0.3, 0.4) is 0 Å². The van der Waals surface area contributed by atoms with Crippen LogP contribution in [0.2, 0.25) is 0 Å². The van der Waals surface area contributed by atoms with Crippen molar-refractivity contribution >= 4 is 35.0 Å². The van der Waals surface area contributed by atoms with Crippen molar-refractivity contribution in [3.8, 4) is 6.07 Å². The zero-order chi connectivity index (χ0) is 23.4. The predicted molar refractivity (Wildman–Crippen MR) is 133 cm³/mol. The van der Waals surface area contributed by atoms with E-state index in [0.717, 1.165) is 16.7 Å². The number of para-hydroxylation sites is 1. The Morgan fingerprint density at radius 2 is 1.58 bits per heavy atom. The summed E-state index contributed by atoms with van der Waals surface area (Å²) in [5.74, 6) is -0.674. The minimum absolute atomic E-state index is 0.0795. The summed E-state index contributed by atoms with van der Waals surface area (Å²) in [6, 6.07) is 26.6. The number of amides is 2. The van der Waals surface area contributed by atoms with E-state index in [-0.39, 0.29) is 11.5 Å². The van der Waals surface area contributed by atoms with E-state index in [9.17, 15) is 14.9 Å². The molecular formula is C27H23N3O2S. The number of rotatable bonds is 5. The quantitative estimate of drug-likeness (QED) is 0.416. The summed E-state index contributed by atoms with van der Waals surface area (Å²) in [6.45, 7) is 3.99. The Morgan fingerprint density at radius 3 is 2.18 bits per heavy atom. The summed E-state index contributed by atoms with van der Waals surface area (Å²) in [4.78, 5) is 28.0. The fourth-order valence-corrected chi connectivity index (χ4v) is 4.88. The summed E-state index contributed by atoms with van der Waals surface area (Å²) in [5.41, 5.74) is 4.38. The van der Waals surface area contributed by atoms with Crippen LogP contribution in [0.4, 0.5) is 11.4 Å². The molecule has 33 heavy (non-hydrogen) atoms. The van der Waals surface area contributed by atoms with Crippen molar-refractivity contribution in [2.45, 2.75) is 25.5 Å². The molecule has 0 unspecified atom stereocenters. The molecule has 164 valence electrons. The second-order valence-corrected chi connectivity index (χ2v) is 9.11. The fourth-order valence-electron chi connectivity index (χ4n) is 3.57. The van der Waals surface area contributed by atoms with Crippen LogP contribution >= 0.6 is 11.8 Å². The molecule has 3 aromatic carbocycles. The molecule has 5 nitrogen and oxygen atoms in total. The highest BCUT2D eigenvalue weighted by molar-refractivity contribution is 8.05. The van der Waals surface area contributed by atoms with Gasteiger partial charge in [-0.3, -0.25) is 14.5 Å². The standard InChI is InChI=1S/C27H23N3O2S/c1-18-8-12-20(13-9-18)16-24-26(32)30(22-14-10-19(2)11-15-22)27(33-24)23(17-28)25(31)29-21-6-4-3-5-7-21/h3-15,24H,16H2,1-2H3,(H,29,31)/b27-23-/t24-/m1/s1. The van der Waals surface area contributed by atoms with Gasteiger partial charge < -0.3 is 5.32 Å². The molecule has 0 saturated carbocycles. The van der Waals surface area contributed by atoms with Gasteiger partial charge in [-0.05, 0) is 50.1 Å². The van der Waals surface area contributed by atoms with Crippen LogP contribution < -0.4 is 10.2 Å². The van der Waals surface area contributed by atoms with Gasteiger partial charge in [-0.15, -0.1) is 0 Å². The third-order valence-electron chi connectivity index (χ3n) is 5.37. The third kappa shape index (κ3) is 5.00. The molecule has 4 rings (SSSR count). The van der Waals surface area contributed by atoms with Gasteiger partial charge in [0, 0.05) is 11.4 Å². The normalized spacial score (nSPS) is 16.9. The molecule has 0 radical (unpaired) electrons. The average molecular weight is 454 g/mol. The van der Waals surface area contributed by atoms with E-state index in [1.54, 1.807) is 24.3 Å². The molecule has 2 amide bonds. The van der Waals surface area contributed by atoms with Crippen LogP contribution in [0.25, 0.3) is 0 Å². The van der Waals surface area contributed by atoms with Crippen LogP contribution in [0.1, 0.15) is 16.7 Å². The Hall–Kier alpha value is -3.82. The molecule has 1 heterocycles. The topological polar surface area (TPSA) is 73.2 Å². The van der Waals surface area contributed by atoms with Crippen LogP contribution in [0.15, 0.2) is 89.5 Å². The van der Waals surface area contributed by atoms with Crippen molar-refractivity contribution in [2.24, 2.45) is 0 Å². The van der Waals surface area contributed by atoms with Crippen LogP contribution in [0.5, 0.6) is 0 Å². The lowest BCUT2D eigenvalue weighted by atomic mass is 10.1. The first kappa shape index (κ1) is 22.4. The van der Waals surface area contributed by atoms with Gasteiger partial charge >= 0.3 is 0 Å². The van der Waals surface area contributed by atoms with Gasteiger partial charge in [0.25, 0.3) is 5.91 Å². The minimum Gasteiger partial charge on any atom is -0.321 e. The maximum absolute atomic E-state index is 13.5. The molecule has 1 atom stereocenters. The zero-order valence-electron chi connectivity index (χ0n) is 18.4. The van der Waals surface area contributed by atoms with Crippen molar-refractivity contribution in [3.63, 3.8) is 0 Å². The molecule has 0 spiro atoms. The summed E-state index contributed by atoms with van der Waals surface area (Å²) < 4.78 is 0. The first-order valence-electron chi connectivity index (χ1n) is 10.6. The molecule has 0 bridgehead atoms. The van der Waals surface area contributed by atoms with Gasteiger partial charge in [0.15, 0.2) is 0 Å². The lowest BCUT2D eigenvalue weighted by molar-refractivity contribution is -0.117. The number of nitrogens with zero attached hydrogens (tertiary/aromatic N) is 2. The molecule has 1 N–H and O–H groups in total. The molecule has 1 fully saturated rings. The minimum atomic E-state index is -0.535. The molecule has 1 aliphatic rings. The van der Waals surface area contributed by atoms with Gasteiger partial charge in [0.2, 0.25) is 5.91 Å². The van der Waals surface area contributed by atoms with Gasteiger partial charge in [-0.2, -0.15) is 5.26 Å². The highest BCUT2D eigenvalue weighted by Crippen LogP contribution is 2.42. The third-order valence-corrected chi connectivity index (χ3v) is 6.63. The van der Waals surface area contributed by atoms with Crippen molar-refractivity contribution < 1.29 is 9.59 Å². The Kier molecular flexibility index (Phi) is 6.62. The number of benzene rings is 3. The number of nitrogens with one attached hydrogen (secondary N) is 1. The van der Waals surface area contributed by atoms with Crippen molar-refractivity contribution in [3.05, 3.63) is 106 Å². The van der Waals surface area contributed by atoms with E-state index in [4.69, 9.17) is 0 Å². The Balaban J connectivity index is 1.72. The zero-order valence-corrected chi connectivity index (χ0v) is 19.2. The molecular weight excluding hydrogens is 430 g/mol.